The molecule has 1 aliphatic heterocycles. The Morgan fingerprint density at radius 3 is 2.25 bits per heavy atom. The highest BCUT2D eigenvalue weighted by molar-refractivity contribution is 14.0. The molecular formula is C22H38IN5. The molecule has 1 aliphatic carbocycles. The quantitative estimate of drug-likeness (QED) is 0.344. The fraction of sp³-hybridized carbons (Fsp3) is 0.682. The molecule has 28 heavy (non-hydrogen) atoms. The van der Waals surface area contributed by atoms with Gasteiger partial charge in [-0.05, 0) is 24.9 Å². The van der Waals surface area contributed by atoms with Gasteiger partial charge in [-0.3, -0.25) is 9.89 Å². The second kappa shape index (κ2) is 12.0. The summed E-state index contributed by atoms with van der Waals surface area (Å²) in [6, 6.07) is 11.0. The second-order valence-electron chi connectivity index (χ2n) is 7.98. The van der Waals surface area contributed by atoms with Gasteiger partial charge in [-0.1, -0.05) is 50.1 Å². The fourth-order valence-electron chi connectivity index (χ4n) is 4.55. The summed E-state index contributed by atoms with van der Waals surface area (Å²) in [4.78, 5) is 9.52. The Bertz CT molecular complexity index is 578. The highest BCUT2D eigenvalue weighted by Crippen LogP contribution is 2.40. The van der Waals surface area contributed by atoms with E-state index in [0.29, 0.717) is 0 Å². The van der Waals surface area contributed by atoms with E-state index < -0.39 is 0 Å². The number of hydrogen-bond acceptors (Lipinski definition) is 3. The standard InChI is InChI=1S/C22H37N5.HI/c1-3-26-15-17-27(18-16-26)14-13-24-21(23-2)25-19-22(11-7-8-12-22)20-9-5-4-6-10-20;/h4-6,9-10H,3,7-8,11-19H2,1-2H3,(H2,23,24,25);1H. The van der Waals surface area contributed by atoms with Gasteiger partial charge in [-0.25, -0.2) is 0 Å². The van der Waals surface area contributed by atoms with Gasteiger partial charge in [0.2, 0.25) is 0 Å². The smallest absolute Gasteiger partial charge is 0.191 e. The molecular weight excluding hydrogens is 461 g/mol. The van der Waals surface area contributed by atoms with Crippen molar-refractivity contribution in [3.8, 4) is 0 Å². The van der Waals surface area contributed by atoms with E-state index in [1.807, 2.05) is 7.05 Å². The van der Waals surface area contributed by atoms with Crippen LogP contribution in [0.25, 0.3) is 0 Å². The summed E-state index contributed by atoms with van der Waals surface area (Å²) in [6.07, 6.45) is 5.18. The Hall–Kier alpha value is -0.860. The largest absolute Gasteiger partial charge is 0.356 e. The molecule has 1 heterocycles. The summed E-state index contributed by atoms with van der Waals surface area (Å²) in [5.41, 5.74) is 1.73. The normalized spacial score (nSPS) is 20.6. The van der Waals surface area contributed by atoms with E-state index in [1.54, 1.807) is 0 Å². The van der Waals surface area contributed by atoms with E-state index in [4.69, 9.17) is 0 Å². The summed E-state index contributed by atoms with van der Waals surface area (Å²) in [5.74, 6) is 0.935. The molecule has 2 fully saturated rings. The first-order valence-electron chi connectivity index (χ1n) is 10.7. The van der Waals surface area contributed by atoms with Crippen LogP contribution in [-0.2, 0) is 5.41 Å². The van der Waals surface area contributed by atoms with Crippen molar-refractivity contribution >= 4 is 29.9 Å². The Morgan fingerprint density at radius 1 is 1.00 bits per heavy atom. The minimum Gasteiger partial charge on any atom is -0.356 e. The molecule has 0 spiro atoms. The number of benzene rings is 1. The minimum atomic E-state index is 0. The van der Waals surface area contributed by atoms with Crippen LogP contribution in [0, 0.1) is 0 Å². The van der Waals surface area contributed by atoms with Crippen molar-refractivity contribution in [1.82, 2.24) is 20.4 Å². The van der Waals surface area contributed by atoms with E-state index in [0.717, 1.165) is 25.6 Å². The summed E-state index contributed by atoms with van der Waals surface area (Å²) >= 11 is 0. The third kappa shape index (κ3) is 6.32. The van der Waals surface area contributed by atoms with Crippen LogP contribution < -0.4 is 10.6 Å². The zero-order valence-electron chi connectivity index (χ0n) is 17.6. The van der Waals surface area contributed by atoms with Gasteiger partial charge >= 0.3 is 0 Å². The lowest BCUT2D eigenvalue weighted by Gasteiger charge is -2.34. The number of likely N-dealkylation sites (N-methyl/N-ethyl adjacent to an activating group) is 1. The highest BCUT2D eigenvalue weighted by atomic mass is 127. The third-order valence-electron chi connectivity index (χ3n) is 6.40. The first-order chi connectivity index (χ1) is 13.3. The molecule has 0 unspecified atom stereocenters. The lowest BCUT2D eigenvalue weighted by atomic mass is 9.79. The van der Waals surface area contributed by atoms with Gasteiger partial charge in [0.15, 0.2) is 5.96 Å². The van der Waals surface area contributed by atoms with Crippen LogP contribution in [0.5, 0.6) is 0 Å². The molecule has 1 aromatic rings. The Kier molecular flexibility index (Phi) is 10.0. The Balaban J connectivity index is 0.00000280. The summed E-state index contributed by atoms with van der Waals surface area (Å²) in [6.45, 7) is 11.2. The fourth-order valence-corrected chi connectivity index (χ4v) is 4.55. The van der Waals surface area contributed by atoms with Crippen molar-refractivity contribution in [2.75, 3.05) is 59.4 Å². The van der Waals surface area contributed by atoms with Crippen molar-refractivity contribution in [3.63, 3.8) is 0 Å². The molecule has 3 rings (SSSR count). The molecule has 1 saturated heterocycles. The Labute approximate surface area is 188 Å². The van der Waals surface area contributed by atoms with Crippen LogP contribution in [0.4, 0.5) is 0 Å². The number of rotatable bonds is 7. The molecule has 1 saturated carbocycles. The van der Waals surface area contributed by atoms with Crippen LogP contribution in [-0.4, -0.2) is 75.2 Å². The Morgan fingerprint density at radius 2 is 1.64 bits per heavy atom. The monoisotopic (exact) mass is 499 g/mol. The van der Waals surface area contributed by atoms with E-state index in [2.05, 4.69) is 62.7 Å². The maximum absolute atomic E-state index is 4.45. The van der Waals surface area contributed by atoms with Crippen molar-refractivity contribution in [2.24, 2.45) is 4.99 Å². The minimum absolute atomic E-state index is 0. The maximum atomic E-state index is 4.45. The number of aliphatic imine (C=N–C) groups is 1. The zero-order valence-corrected chi connectivity index (χ0v) is 20.0. The topological polar surface area (TPSA) is 42.9 Å². The predicted octanol–water partition coefficient (Wildman–Crippen LogP) is 2.92. The van der Waals surface area contributed by atoms with Crippen molar-refractivity contribution in [2.45, 2.75) is 38.0 Å². The lowest BCUT2D eigenvalue weighted by molar-refractivity contribution is 0.139. The molecule has 0 aromatic heterocycles. The van der Waals surface area contributed by atoms with Gasteiger partial charge in [-0.2, -0.15) is 0 Å². The van der Waals surface area contributed by atoms with Crippen LogP contribution >= 0.6 is 24.0 Å². The number of hydrogen-bond donors (Lipinski definition) is 2. The van der Waals surface area contributed by atoms with Crippen LogP contribution in [0.3, 0.4) is 0 Å². The zero-order chi connectivity index (χ0) is 19.0. The second-order valence-corrected chi connectivity index (χ2v) is 7.98. The highest BCUT2D eigenvalue weighted by Gasteiger charge is 2.35. The van der Waals surface area contributed by atoms with Gasteiger partial charge in [0.25, 0.3) is 0 Å². The van der Waals surface area contributed by atoms with E-state index in [1.165, 1.54) is 64.0 Å². The van der Waals surface area contributed by atoms with Crippen molar-refractivity contribution < 1.29 is 0 Å². The molecule has 0 bridgehead atoms. The molecule has 1 aromatic carbocycles. The molecule has 0 radical (unpaired) electrons. The summed E-state index contributed by atoms with van der Waals surface area (Å²) < 4.78 is 0. The van der Waals surface area contributed by atoms with E-state index in [9.17, 15) is 0 Å². The van der Waals surface area contributed by atoms with Gasteiger partial charge in [0.1, 0.15) is 0 Å². The van der Waals surface area contributed by atoms with Gasteiger partial charge < -0.3 is 15.5 Å². The molecule has 158 valence electrons. The number of guanidine groups is 1. The summed E-state index contributed by atoms with van der Waals surface area (Å²) in [5, 5.41) is 7.13. The molecule has 2 N–H and O–H groups in total. The maximum Gasteiger partial charge on any atom is 0.191 e. The first-order valence-corrected chi connectivity index (χ1v) is 10.7. The average molecular weight is 499 g/mol. The van der Waals surface area contributed by atoms with Crippen molar-refractivity contribution in [1.29, 1.82) is 0 Å². The molecule has 6 heteroatoms. The average Bonchev–Trinajstić information content (AvgIpc) is 3.22. The predicted molar refractivity (Wildman–Crippen MR) is 130 cm³/mol. The van der Waals surface area contributed by atoms with E-state index in [-0.39, 0.29) is 29.4 Å². The third-order valence-corrected chi connectivity index (χ3v) is 6.40. The first kappa shape index (κ1) is 23.4. The lowest BCUT2D eigenvalue weighted by Crippen LogP contribution is -2.50. The summed E-state index contributed by atoms with van der Waals surface area (Å²) in [7, 11) is 1.87. The van der Waals surface area contributed by atoms with Gasteiger partial charge in [0, 0.05) is 58.3 Å². The number of nitrogens with zero attached hydrogens (tertiary/aromatic N) is 3. The molecule has 5 nitrogen and oxygen atoms in total. The molecule has 0 amide bonds. The SMILES string of the molecule is CCN1CCN(CCNC(=NC)NCC2(c3ccccc3)CCCC2)CC1.I. The number of nitrogens with one attached hydrogen (secondary N) is 2. The van der Waals surface area contributed by atoms with Crippen LogP contribution in [0.15, 0.2) is 35.3 Å². The van der Waals surface area contributed by atoms with Gasteiger partial charge in [0.05, 0.1) is 0 Å². The molecule has 2 aliphatic rings. The van der Waals surface area contributed by atoms with Crippen molar-refractivity contribution in [3.05, 3.63) is 35.9 Å². The number of halogens is 1. The van der Waals surface area contributed by atoms with E-state index >= 15 is 0 Å². The van der Waals surface area contributed by atoms with Crippen LogP contribution in [0.1, 0.15) is 38.2 Å². The number of piperazine rings is 1. The van der Waals surface area contributed by atoms with Crippen LogP contribution in [0.2, 0.25) is 0 Å². The molecule has 0 atom stereocenters. The van der Waals surface area contributed by atoms with Gasteiger partial charge in [-0.15, -0.1) is 24.0 Å².